The Morgan fingerprint density at radius 2 is 2.29 bits per heavy atom. The highest BCUT2D eigenvalue weighted by Crippen LogP contribution is 1.72. The quantitative estimate of drug-likeness (QED) is 0.415. The number of rotatable bonds is 0. The standard InChI is InChI=1S/C5H4FN/c6-7-4-2-1-3-5-7/h1-4H. The summed E-state index contributed by atoms with van der Waals surface area (Å²) in [6.45, 7) is 0. The van der Waals surface area contributed by atoms with Crippen LogP contribution in [0.2, 0.25) is 0 Å². The molecule has 0 aliphatic carbocycles. The van der Waals surface area contributed by atoms with Gasteiger partial charge in [0.1, 0.15) is 6.20 Å². The minimum atomic E-state index is 0.375. The van der Waals surface area contributed by atoms with Gasteiger partial charge in [-0.1, -0.05) is 4.79 Å². The molecule has 0 saturated heterocycles. The fourth-order valence-corrected chi connectivity index (χ4v) is 0.338. The van der Waals surface area contributed by atoms with Crippen molar-refractivity contribution in [2.24, 2.45) is 0 Å². The zero-order valence-corrected chi connectivity index (χ0v) is 3.63. The second-order valence-electron chi connectivity index (χ2n) is 1.14. The molecule has 0 amide bonds. The summed E-state index contributed by atoms with van der Waals surface area (Å²) in [6, 6.07) is 4.80. The van der Waals surface area contributed by atoms with Gasteiger partial charge >= 0.3 is 0 Å². The van der Waals surface area contributed by atoms with Gasteiger partial charge in [0.25, 0.3) is 0 Å². The highest BCUT2D eigenvalue weighted by molar-refractivity contribution is 4.81. The van der Waals surface area contributed by atoms with Crippen LogP contribution in [0, 0.1) is 6.20 Å². The van der Waals surface area contributed by atoms with Crippen LogP contribution in [-0.2, 0) is 0 Å². The van der Waals surface area contributed by atoms with Crippen LogP contribution in [0.1, 0.15) is 0 Å². The van der Waals surface area contributed by atoms with Crippen LogP contribution >= 0.6 is 0 Å². The molecule has 0 aromatic carbocycles. The van der Waals surface area contributed by atoms with Crippen LogP contribution in [0.5, 0.6) is 0 Å². The molecule has 2 heteroatoms. The third-order valence-corrected chi connectivity index (χ3v) is 0.622. The number of nitrogens with zero attached hydrogens (tertiary/aromatic N) is 1. The van der Waals surface area contributed by atoms with Gasteiger partial charge in [0.2, 0.25) is 0 Å². The maximum absolute atomic E-state index is 11.8. The van der Waals surface area contributed by atoms with Gasteiger partial charge in [-0.3, -0.25) is 0 Å². The molecular formula is C5H4FN. The van der Waals surface area contributed by atoms with Crippen molar-refractivity contribution in [3.8, 4) is 0 Å². The number of pyridine rings is 1. The maximum Gasteiger partial charge on any atom is 0.165 e. The molecule has 0 atom stereocenters. The molecule has 0 bridgehead atoms. The van der Waals surface area contributed by atoms with Crippen LogP contribution in [0.3, 0.4) is 0 Å². The normalized spacial score (nSPS) is 8.71. The molecule has 36 valence electrons. The van der Waals surface area contributed by atoms with Crippen LogP contribution in [0.15, 0.2) is 24.4 Å². The Hall–Kier alpha value is -0.920. The lowest BCUT2D eigenvalue weighted by molar-refractivity contribution is -0.847. The summed E-state index contributed by atoms with van der Waals surface area (Å²) >= 11 is 0. The Morgan fingerprint density at radius 1 is 1.43 bits per heavy atom. The van der Waals surface area contributed by atoms with E-state index in [0.29, 0.717) is 4.79 Å². The second-order valence-corrected chi connectivity index (χ2v) is 1.14. The van der Waals surface area contributed by atoms with E-state index in [1.165, 1.54) is 12.3 Å². The van der Waals surface area contributed by atoms with E-state index >= 15 is 0 Å². The molecule has 0 aliphatic heterocycles. The smallest absolute Gasteiger partial charge is 0.159 e. The molecular weight excluding hydrogens is 93.1 g/mol. The highest BCUT2D eigenvalue weighted by atomic mass is 19.2. The molecule has 0 N–H and O–H groups in total. The van der Waals surface area contributed by atoms with Crippen molar-refractivity contribution in [2.45, 2.75) is 0 Å². The van der Waals surface area contributed by atoms with E-state index in [2.05, 4.69) is 6.20 Å². The molecule has 1 nitrogen and oxygen atoms in total. The van der Waals surface area contributed by atoms with Gasteiger partial charge in [0.15, 0.2) is 6.20 Å². The van der Waals surface area contributed by atoms with Crippen LogP contribution in [0.25, 0.3) is 0 Å². The topological polar surface area (TPSA) is 3.88 Å². The first-order valence-electron chi connectivity index (χ1n) is 1.94. The van der Waals surface area contributed by atoms with E-state index in [-0.39, 0.29) is 0 Å². The maximum atomic E-state index is 11.8. The Kier molecular flexibility index (Phi) is 1.02. The predicted molar refractivity (Wildman–Crippen MR) is 22.0 cm³/mol. The minimum absolute atomic E-state index is 0.375. The third-order valence-electron chi connectivity index (χ3n) is 0.622. The molecule has 0 unspecified atom stereocenters. The SMILES string of the molecule is F[n+]1[c-]cccc1. The van der Waals surface area contributed by atoms with Gasteiger partial charge in [0.05, 0.1) is 4.48 Å². The molecule has 0 spiro atoms. The van der Waals surface area contributed by atoms with Gasteiger partial charge < -0.3 is 0 Å². The van der Waals surface area contributed by atoms with E-state index in [1.807, 2.05) is 0 Å². The average molecular weight is 97.1 g/mol. The lowest BCUT2D eigenvalue weighted by atomic mass is 10.5. The van der Waals surface area contributed by atoms with Crippen molar-refractivity contribution in [3.63, 3.8) is 0 Å². The fourth-order valence-electron chi connectivity index (χ4n) is 0.338. The van der Waals surface area contributed by atoms with E-state index < -0.39 is 0 Å². The second kappa shape index (κ2) is 1.69. The number of halogens is 1. The molecule has 7 heavy (non-hydrogen) atoms. The fraction of sp³-hybridized carbons (Fsp3) is 0. The highest BCUT2D eigenvalue weighted by Gasteiger charge is 1.77. The summed E-state index contributed by atoms with van der Waals surface area (Å²) in [5, 5.41) is 0. The van der Waals surface area contributed by atoms with Crippen molar-refractivity contribution in [3.05, 3.63) is 30.6 Å². The van der Waals surface area contributed by atoms with Crippen molar-refractivity contribution < 1.29 is 9.27 Å². The number of hydrogen-bond acceptors (Lipinski definition) is 0. The molecule has 0 fully saturated rings. The third kappa shape index (κ3) is 0.961. The van der Waals surface area contributed by atoms with Gasteiger partial charge in [0, 0.05) is 0 Å². The Labute approximate surface area is 41.0 Å². The summed E-state index contributed by atoms with van der Waals surface area (Å²) in [6.07, 6.45) is 3.56. The first-order valence-corrected chi connectivity index (χ1v) is 1.94. The molecule has 0 radical (unpaired) electrons. The summed E-state index contributed by atoms with van der Waals surface area (Å²) in [5.74, 6) is 0. The van der Waals surface area contributed by atoms with Gasteiger partial charge in [-0.15, -0.1) is 12.1 Å². The van der Waals surface area contributed by atoms with Crippen molar-refractivity contribution >= 4 is 0 Å². The number of aromatic nitrogens is 1. The van der Waals surface area contributed by atoms with E-state index in [4.69, 9.17) is 0 Å². The molecule has 1 aromatic heterocycles. The van der Waals surface area contributed by atoms with Crippen LogP contribution < -0.4 is 4.79 Å². The first-order chi connectivity index (χ1) is 3.39. The molecule has 1 heterocycles. The van der Waals surface area contributed by atoms with E-state index in [9.17, 15) is 4.48 Å². The lowest BCUT2D eigenvalue weighted by Gasteiger charge is -1.78. The Bertz CT molecular complexity index is 138. The minimum Gasteiger partial charge on any atom is -0.159 e. The summed E-state index contributed by atoms with van der Waals surface area (Å²) in [7, 11) is 0. The van der Waals surface area contributed by atoms with Crippen LogP contribution in [0.4, 0.5) is 4.48 Å². The molecule has 1 aromatic rings. The van der Waals surface area contributed by atoms with Gasteiger partial charge in [-0.05, 0) is 0 Å². The molecule has 0 saturated carbocycles. The Morgan fingerprint density at radius 3 is 2.57 bits per heavy atom. The summed E-state index contributed by atoms with van der Waals surface area (Å²) in [4.78, 5) is 0.375. The van der Waals surface area contributed by atoms with E-state index in [0.717, 1.165) is 0 Å². The number of hydrogen-bond donors (Lipinski definition) is 0. The average Bonchev–Trinajstić information content (AvgIpc) is 1.69. The Balaban J connectivity index is 3.02. The van der Waals surface area contributed by atoms with E-state index in [1.54, 1.807) is 12.1 Å². The van der Waals surface area contributed by atoms with Crippen molar-refractivity contribution in [1.82, 2.24) is 0 Å². The first kappa shape index (κ1) is 4.24. The summed E-state index contributed by atoms with van der Waals surface area (Å²) in [5.41, 5.74) is 0. The summed E-state index contributed by atoms with van der Waals surface area (Å²) < 4.78 is 11.8. The van der Waals surface area contributed by atoms with Crippen molar-refractivity contribution in [2.75, 3.05) is 0 Å². The van der Waals surface area contributed by atoms with Crippen LogP contribution in [-0.4, -0.2) is 0 Å². The molecule has 0 aliphatic rings. The zero-order valence-electron chi connectivity index (χ0n) is 3.63. The largest absolute Gasteiger partial charge is 0.165 e. The predicted octanol–water partition coefficient (Wildman–Crippen LogP) is 0.507. The zero-order chi connectivity index (χ0) is 5.11. The van der Waals surface area contributed by atoms with Crippen molar-refractivity contribution in [1.29, 1.82) is 0 Å². The molecule has 1 rings (SSSR count). The van der Waals surface area contributed by atoms with Gasteiger partial charge in [-0.2, -0.15) is 6.07 Å². The van der Waals surface area contributed by atoms with Gasteiger partial charge in [-0.25, -0.2) is 0 Å². The monoisotopic (exact) mass is 97.0 g/mol. The lowest BCUT2D eigenvalue weighted by Crippen LogP contribution is -2.19.